The predicted molar refractivity (Wildman–Crippen MR) is 74.4 cm³/mol. The quantitative estimate of drug-likeness (QED) is 0.896. The molecule has 0 bridgehead atoms. The summed E-state index contributed by atoms with van der Waals surface area (Å²) in [6, 6.07) is 4.08. The average molecular weight is 266 g/mol. The van der Waals surface area contributed by atoms with E-state index in [4.69, 9.17) is 16.3 Å². The number of rotatable bonds is 4. The Labute approximate surface area is 114 Å². The minimum absolute atomic E-state index is 0.369. The van der Waals surface area contributed by atoms with Gasteiger partial charge in [-0.2, -0.15) is 0 Å². The summed E-state index contributed by atoms with van der Waals surface area (Å²) in [6.07, 6.45) is 6.14. The van der Waals surface area contributed by atoms with Crippen molar-refractivity contribution in [2.24, 2.45) is 0 Å². The Morgan fingerprint density at radius 3 is 2.89 bits per heavy atom. The van der Waals surface area contributed by atoms with Crippen LogP contribution in [0.4, 0.5) is 0 Å². The van der Waals surface area contributed by atoms with E-state index in [1.165, 1.54) is 36.8 Å². The lowest BCUT2D eigenvalue weighted by molar-refractivity contribution is 0.175. The van der Waals surface area contributed by atoms with E-state index in [-0.39, 0.29) is 0 Å². The molecular weight excluding hydrogens is 246 g/mol. The van der Waals surface area contributed by atoms with Crippen LogP contribution in [-0.2, 0) is 13.0 Å². The highest BCUT2D eigenvalue weighted by molar-refractivity contribution is 6.30. The number of ether oxygens (including phenoxy) is 1. The van der Waals surface area contributed by atoms with Gasteiger partial charge in [0, 0.05) is 29.1 Å². The van der Waals surface area contributed by atoms with Gasteiger partial charge in [0.15, 0.2) is 0 Å². The predicted octanol–water partition coefficient (Wildman–Crippen LogP) is 3.70. The van der Waals surface area contributed by atoms with Crippen molar-refractivity contribution >= 4 is 11.6 Å². The van der Waals surface area contributed by atoms with Crippen LogP contribution in [0.25, 0.3) is 0 Å². The first-order valence-corrected chi connectivity index (χ1v) is 7.29. The van der Waals surface area contributed by atoms with Gasteiger partial charge in [0.05, 0.1) is 6.61 Å². The first-order valence-electron chi connectivity index (χ1n) is 6.91. The molecule has 18 heavy (non-hydrogen) atoms. The Bertz CT molecular complexity index is 449. The molecule has 0 aromatic heterocycles. The van der Waals surface area contributed by atoms with Gasteiger partial charge < -0.3 is 10.1 Å². The van der Waals surface area contributed by atoms with E-state index < -0.39 is 0 Å². The molecule has 2 nitrogen and oxygen atoms in total. The van der Waals surface area contributed by atoms with Crippen molar-refractivity contribution in [2.45, 2.75) is 51.1 Å². The van der Waals surface area contributed by atoms with Gasteiger partial charge in [-0.25, -0.2) is 0 Å². The molecule has 0 atom stereocenters. The molecule has 1 aromatic carbocycles. The molecule has 0 saturated heterocycles. The fourth-order valence-corrected chi connectivity index (χ4v) is 3.28. The Balaban J connectivity index is 1.76. The SMILES string of the molecule is CCC1(NCc2cc(Cl)cc3c2OCC3)CCC1. The van der Waals surface area contributed by atoms with Gasteiger partial charge in [-0.05, 0) is 43.4 Å². The summed E-state index contributed by atoms with van der Waals surface area (Å²) in [5, 5.41) is 4.55. The zero-order chi connectivity index (χ0) is 12.6. The van der Waals surface area contributed by atoms with Crippen LogP contribution in [0.3, 0.4) is 0 Å². The monoisotopic (exact) mass is 265 g/mol. The van der Waals surface area contributed by atoms with E-state index in [2.05, 4.69) is 12.2 Å². The summed E-state index contributed by atoms with van der Waals surface area (Å²) in [4.78, 5) is 0. The summed E-state index contributed by atoms with van der Waals surface area (Å²) >= 11 is 6.18. The second kappa shape index (κ2) is 4.75. The van der Waals surface area contributed by atoms with Crippen LogP contribution in [-0.4, -0.2) is 12.1 Å². The standard InChI is InChI=1S/C15H20ClNO/c1-2-15(5-3-6-15)17-10-12-9-13(16)8-11-4-7-18-14(11)12/h8-9,17H,2-7,10H2,1H3. The van der Waals surface area contributed by atoms with E-state index in [9.17, 15) is 0 Å². The normalized spacial score (nSPS) is 20.1. The topological polar surface area (TPSA) is 21.3 Å². The molecule has 3 heteroatoms. The van der Waals surface area contributed by atoms with Crippen LogP contribution in [0.1, 0.15) is 43.7 Å². The van der Waals surface area contributed by atoms with Crippen LogP contribution >= 0.6 is 11.6 Å². The van der Waals surface area contributed by atoms with Crippen molar-refractivity contribution < 1.29 is 4.74 Å². The molecular formula is C15H20ClNO. The second-order valence-electron chi connectivity index (χ2n) is 5.49. The number of fused-ring (bicyclic) bond motifs is 1. The highest BCUT2D eigenvalue weighted by Crippen LogP contribution is 2.37. The molecule has 1 saturated carbocycles. The Hall–Kier alpha value is -0.730. The van der Waals surface area contributed by atoms with Crippen molar-refractivity contribution in [2.75, 3.05) is 6.61 Å². The molecule has 3 rings (SSSR count). The zero-order valence-electron chi connectivity index (χ0n) is 10.9. The number of nitrogens with one attached hydrogen (secondary N) is 1. The first-order chi connectivity index (χ1) is 8.72. The maximum absolute atomic E-state index is 6.18. The van der Waals surface area contributed by atoms with Crippen LogP contribution < -0.4 is 10.1 Å². The molecule has 0 unspecified atom stereocenters. The highest BCUT2D eigenvalue weighted by Gasteiger charge is 2.34. The lowest BCUT2D eigenvalue weighted by Gasteiger charge is -2.42. The molecule has 0 spiro atoms. The summed E-state index contributed by atoms with van der Waals surface area (Å²) in [6.45, 7) is 3.93. The third-order valence-corrected chi connectivity index (χ3v) is 4.68. The average Bonchev–Trinajstić information content (AvgIpc) is 2.75. The van der Waals surface area contributed by atoms with E-state index in [1.807, 2.05) is 12.1 Å². The fraction of sp³-hybridized carbons (Fsp3) is 0.600. The number of hydrogen-bond donors (Lipinski definition) is 1. The molecule has 1 N–H and O–H groups in total. The minimum atomic E-state index is 0.369. The van der Waals surface area contributed by atoms with Gasteiger partial charge in [-0.3, -0.25) is 0 Å². The summed E-state index contributed by atoms with van der Waals surface area (Å²) < 4.78 is 5.74. The molecule has 0 radical (unpaired) electrons. The molecule has 0 amide bonds. The summed E-state index contributed by atoms with van der Waals surface area (Å²) in [7, 11) is 0. The van der Waals surface area contributed by atoms with Crippen molar-refractivity contribution in [3.05, 3.63) is 28.3 Å². The van der Waals surface area contributed by atoms with Crippen LogP contribution in [0.2, 0.25) is 5.02 Å². The lowest BCUT2D eigenvalue weighted by Crippen LogP contribution is -2.49. The zero-order valence-corrected chi connectivity index (χ0v) is 11.6. The van der Waals surface area contributed by atoms with E-state index >= 15 is 0 Å². The second-order valence-corrected chi connectivity index (χ2v) is 5.93. The van der Waals surface area contributed by atoms with Gasteiger partial charge in [0.1, 0.15) is 5.75 Å². The minimum Gasteiger partial charge on any atom is -0.493 e. The highest BCUT2D eigenvalue weighted by atomic mass is 35.5. The third-order valence-electron chi connectivity index (χ3n) is 4.47. The number of benzene rings is 1. The van der Waals surface area contributed by atoms with Crippen molar-refractivity contribution in [3.63, 3.8) is 0 Å². The maximum Gasteiger partial charge on any atom is 0.127 e. The Morgan fingerprint density at radius 2 is 2.22 bits per heavy atom. The summed E-state index contributed by atoms with van der Waals surface area (Å²) in [5.74, 6) is 1.07. The molecule has 2 aliphatic rings. The summed E-state index contributed by atoms with van der Waals surface area (Å²) in [5.41, 5.74) is 2.85. The third kappa shape index (κ3) is 2.12. The molecule has 98 valence electrons. The Morgan fingerprint density at radius 1 is 1.39 bits per heavy atom. The van der Waals surface area contributed by atoms with Gasteiger partial charge in [-0.15, -0.1) is 0 Å². The fourth-order valence-electron chi connectivity index (χ4n) is 3.02. The maximum atomic E-state index is 6.18. The van der Waals surface area contributed by atoms with Gasteiger partial charge in [-0.1, -0.05) is 18.5 Å². The molecule has 1 aliphatic carbocycles. The van der Waals surface area contributed by atoms with E-state index in [1.54, 1.807) is 0 Å². The molecule has 1 aliphatic heterocycles. The number of hydrogen-bond acceptors (Lipinski definition) is 2. The molecule has 1 fully saturated rings. The van der Waals surface area contributed by atoms with Gasteiger partial charge in [0.2, 0.25) is 0 Å². The van der Waals surface area contributed by atoms with E-state index in [0.29, 0.717) is 5.54 Å². The van der Waals surface area contributed by atoms with Crippen molar-refractivity contribution in [1.29, 1.82) is 0 Å². The first kappa shape index (κ1) is 12.3. The van der Waals surface area contributed by atoms with Crippen LogP contribution in [0.5, 0.6) is 5.75 Å². The Kier molecular flexibility index (Phi) is 3.25. The van der Waals surface area contributed by atoms with Gasteiger partial charge in [0.25, 0.3) is 0 Å². The van der Waals surface area contributed by atoms with Crippen molar-refractivity contribution in [3.8, 4) is 5.75 Å². The van der Waals surface area contributed by atoms with Crippen LogP contribution in [0, 0.1) is 0 Å². The smallest absolute Gasteiger partial charge is 0.127 e. The van der Waals surface area contributed by atoms with Crippen LogP contribution in [0.15, 0.2) is 12.1 Å². The number of halogens is 1. The molecule has 1 aromatic rings. The van der Waals surface area contributed by atoms with Crippen molar-refractivity contribution in [1.82, 2.24) is 5.32 Å². The van der Waals surface area contributed by atoms with Gasteiger partial charge >= 0.3 is 0 Å². The largest absolute Gasteiger partial charge is 0.493 e. The van der Waals surface area contributed by atoms with E-state index in [0.717, 1.165) is 30.3 Å². The molecule has 1 heterocycles. The lowest BCUT2D eigenvalue weighted by atomic mass is 9.75.